The number of amides is 2. The van der Waals surface area contributed by atoms with Gasteiger partial charge in [-0.15, -0.1) is 0 Å². The van der Waals surface area contributed by atoms with Crippen molar-refractivity contribution in [2.45, 2.75) is 51.2 Å². The second-order valence-electron chi connectivity index (χ2n) is 11.1. The molecule has 3 saturated heterocycles. The lowest BCUT2D eigenvalue weighted by Gasteiger charge is -2.40. The van der Waals surface area contributed by atoms with Crippen molar-refractivity contribution >= 4 is 17.5 Å². The van der Waals surface area contributed by atoms with E-state index in [4.69, 9.17) is 9.47 Å². The molecule has 2 bridgehead atoms. The summed E-state index contributed by atoms with van der Waals surface area (Å²) in [5, 5.41) is 0. The Morgan fingerprint density at radius 2 is 1.86 bits per heavy atom. The van der Waals surface area contributed by atoms with Gasteiger partial charge in [-0.1, -0.05) is 19.1 Å². The average molecular weight is 480 g/mol. The molecule has 4 fully saturated rings. The quantitative estimate of drug-likeness (QED) is 0.462. The first-order valence-electron chi connectivity index (χ1n) is 13.3. The molecular formula is C28H37N3O4. The molecule has 1 aromatic rings. The Kier molecular flexibility index (Phi) is 5.68. The molecule has 4 heterocycles. The second-order valence-corrected chi connectivity index (χ2v) is 11.1. The molecule has 188 valence electrons. The van der Waals surface area contributed by atoms with E-state index >= 15 is 0 Å². The van der Waals surface area contributed by atoms with Gasteiger partial charge in [0.2, 0.25) is 11.8 Å². The number of methoxy groups -OCH3 is 1. The van der Waals surface area contributed by atoms with E-state index in [1.807, 2.05) is 12.1 Å². The van der Waals surface area contributed by atoms with Crippen LogP contribution in [0.25, 0.3) is 0 Å². The van der Waals surface area contributed by atoms with Crippen LogP contribution in [-0.4, -0.2) is 79.7 Å². The number of carbonyl (C=O) groups excluding carboxylic acids is 2. The Labute approximate surface area is 208 Å². The minimum atomic E-state index is -0.507. The van der Waals surface area contributed by atoms with Crippen LogP contribution < -0.4 is 9.64 Å². The summed E-state index contributed by atoms with van der Waals surface area (Å²) in [7, 11) is 1.72. The molecule has 5 aliphatic rings. The van der Waals surface area contributed by atoms with E-state index in [1.165, 1.54) is 11.1 Å². The Bertz CT molecular complexity index is 1060. The fourth-order valence-corrected chi connectivity index (χ4v) is 7.54. The van der Waals surface area contributed by atoms with E-state index in [1.54, 1.807) is 12.0 Å². The number of benzene rings is 1. The average Bonchev–Trinajstić information content (AvgIpc) is 3.44. The largest absolute Gasteiger partial charge is 0.495 e. The highest BCUT2D eigenvalue weighted by Gasteiger charge is 2.71. The smallest absolute Gasteiger partial charge is 0.236 e. The third-order valence-corrected chi connectivity index (χ3v) is 9.21. The van der Waals surface area contributed by atoms with Gasteiger partial charge in [0.1, 0.15) is 11.4 Å². The molecule has 1 aromatic carbocycles. The number of hydrogen-bond donors (Lipinski definition) is 0. The van der Waals surface area contributed by atoms with E-state index in [-0.39, 0.29) is 29.8 Å². The Morgan fingerprint density at radius 3 is 2.63 bits per heavy atom. The Hall–Kier alpha value is -2.38. The van der Waals surface area contributed by atoms with Gasteiger partial charge in [-0.3, -0.25) is 19.4 Å². The zero-order valence-corrected chi connectivity index (χ0v) is 21.2. The van der Waals surface area contributed by atoms with Crippen molar-refractivity contribution in [1.29, 1.82) is 0 Å². The number of nitrogens with zero attached hydrogens (tertiary/aromatic N) is 3. The van der Waals surface area contributed by atoms with Crippen molar-refractivity contribution in [1.82, 2.24) is 9.80 Å². The lowest BCUT2D eigenvalue weighted by Crippen LogP contribution is -2.48. The molecule has 0 N–H and O–H groups in total. The van der Waals surface area contributed by atoms with Gasteiger partial charge in [-0.2, -0.15) is 0 Å². The number of para-hydroxylation sites is 2. The van der Waals surface area contributed by atoms with Crippen LogP contribution in [0.1, 0.15) is 39.5 Å². The summed E-state index contributed by atoms with van der Waals surface area (Å²) in [5.74, 6) is 0.847. The van der Waals surface area contributed by atoms with E-state index < -0.39 is 5.60 Å². The molecule has 7 heteroatoms. The third kappa shape index (κ3) is 3.45. The van der Waals surface area contributed by atoms with E-state index in [2.05, 4.69) is 35.8 Å². The lowest BCUT2D eigenvalue weighted by atomic mass is 9.62. The number of piperazine rings is 1. The monoisotopic (exact) mass is 479 g/mol. The van der Waals surface area contributed by atoms with Gasteiger partial charge in [0.05, 0.1) is 30.7 Å². The number of anilines is 1. The van der Waals surface area contributed by atoms with Crippen LogP contribution >= 0.6 is 0 Å². The minimum absolute atomic E-state index is 0.000469. The maximum atomic E-state index is 13.6. The number of hydrogen-bond acceptors (Lipinski definition) is 6. The van der Waals surface area contributed by atoms with Crippen LogP contribution in [0.3, 0.4) is 0 Å². The first-order valence-corrected chi connectivity index (χ1v) is 13.3. The predicted molar refractivity (Wildman–Crippen MR) is 133 cm³/mol. The standard InChI is InChI=1S/C28H37N3O4/c1-18-9-10-20-19(2)25-23-24(28(20,17-18)35-25)27(33)31(26(23)32)12-6-11-29-13-15-30(16-14-29)21-7-4-5-8-22(21)34-3/h4-5,7-8,18,23-25H,6,9-17H2,1-3H3. The SMILES string of the molecule is COc1ccccc1N1CCN(CCCN2C(=O)C3C4OC5(CC(C)CCC5=C4C)C3C2=O)CC1. The molecule has 1 aliphatic carbocycles. The van der Waals surface area contributed by atoms with Gasteiger partial charge < -0.3 is 14.4 Å². The van der Waals surface area contributed by atoms with Crippen LogP contribution in [-0.2, 0) is 14.3 Å². The molecule has 0 radical (unpaired) electrons. The summed E-state index contributed by atoms with van der Waals surface area (Å²) in [6.07, 6.45) is 3.66. The van der Waals surface area contributed by atoms with Gasteiger partial charge in [0.25, 0.3) is 0 Å². The number of rotatable bonds is 6. The predicted octanol–water partition coefficient (Wildman–Crippen LogP) is 3.10. The van der Waals surface area contributed by atoms with Crippen LogP contribution in [0, 0.1) is 17.8 Å². The highest BCUT2D eigenvalue weighted by atomic mass is 16.5. The molecule has 0 aromatic heterocycles. The fraction of sp³-hybridized carbons (Fsp3) is 0.643. The van der Waals surface area contributed by atoms with Gasteiger partial charge >= 0.3 is 0 Å². The molecule has 7 nitrogen and oxygen atoms in total. The molecule has 2 amide bonds. The lowest BCUT2D eigenvalue weighted by molar-refractivity contribution is -0.145. The highest BCUT2D eigenvalue weighted by molar-refractivity contribution is 6.07. The molecule has 1 saturated carbocycles. The number of likely N-dealkylation sites (tertiary alicyclic amines) is 1. The van der Waals surface area contributed by atoms with Gasteiger partial charge in [0, 0.05) is 32.7 Å². The van der Waals surface area contributed by atoms with Crippen molar-refractivity contribution in [2.24, 2.45) is 17.8 Å². The zero-order chi connectivity index (χ0) is 24.3. The van der Waals surface area contributed by atoms with Crippen molar-refractivity contribution in [3.05, 3.63) is 35.4 Å². The molecule has 5 unspecified atom stereocenters. The van der Waals surface area contributed by atoms with Crippen LogP contribution in [0.4, 0.5) is 5.69 Å². The minimum Gasteiger partial charge on any atom is -0.495 e. The van der Waals surface area contributed by atoms with Crippen LogP contribution in [0.15, 0.2) is 35.4 Å². The summed E-state index contributed by atoms with van der Waals surface area (Å²) in [5.41, 5.74) is 3.20. The topological polar surface area (TPSA) is 62.3 Å². The molecular weight excluding hydrogens is 442 g/mol. The number of ether oxygens (including phenoxy) is 2. The molecule has 5 atom stereocenters. The molecule has 6 rings (SSSR count). The fourth-order valence-electron chi connectivity index (χ4n) is 7.54. The van der Waals surface area contributed by atoms with Crippen molar-refractivity contribution < 1.29 is 19.1 Å². The van der Waals surface area contributed by atoms with Gasteiger partial charge in [-0.25, -0.2) is 0 Å². The summed E-state index contributed by atoms with van der Waals surface area (Å²) >= 11 is 0. The van der Waals surface area contributed by atoms with Gasteiger partial charge in [-0.05, 0) is 68.3 Å². The normalized spacial score (nSPS) is 34.6. The summed E-state index contributed by atoms with van der Waals surface area (Å²) in [6, 6.07) is 8.17. The molecule has 1 spiro atoms. The highest BCUT2D eigenvalue weighted by Crippen LogP contribution is 2.62. The van der Waals surface area contributed by atoms with Gasteiger partial charge in [0.15, 0.2) is 0 Å². The zero-order valence-electron chi connectivity index (χ0n) is 21.2. The summed E-state index contributed by atoms with van der Waals surface area (Å²) in [4.78, 5) is 33.4. The Morgan fingerprint density at radius 1 is 1.09 bits per heavy atom. The van der Waals surface area contributed by atoms with Crippen LogP contribution in [0.5, 0.6) is 5.75 Å². The second kappa shape index (κ2) is 8.63. The molecule has 35 heavy (non-hydrogen) atoms. The van der Waals surface area contributed by atoms with Crippen molar-refractivity contribution in [2.75, 3.05) is 51.3 Å². The maximum Gasteiger partial charge on any atom is 0.236 e. The summed E-state index contributed by atoms with van der Waals surface area (Å²) < 4.78 is 12.0. The molecule has 4 aliphatic heterocycles. The summed E-state index contributed by atoms with van der Waals surface area (Å²) in [6.45, 7) is 9.61. The number of carbonyl (C=O) groups is 2. The van der Waals surface area contributed by atoms with Crippen LogP contribution in [0.2, 0.25) is 0 Å². The number of fused-ring (bicyclic) bond motifs is 3. The first-order chi connectivity index (χ1) is 16.9. The maximum absolute atomic E-state index is 13.6. The van der Waals surface area contributed by atoms with E-state index in [9.17, 15) is 9.59 Å². The van der Waals surface area contributed by atoms with E-state index in [0.29, 0.717) is 12.5 Å². The van der Waals surface area contributed by atoms with E-state index in [0.717, 1.165) is 69.8 Å². The Balaban J connectivity index is 1.06. The third-order valence-electron chi connectivity index (χ3n) is 9.21. The first kappa shape index (κ1) is 23.0. The van der Waals surface area contributed by atoms with Crippen molar-refractivity contribution in [3.8, 4) is 5.75 Å². The number of imide groups is 1. The van der Waals surface area contributed by atoms with Crippen molar-refractivity contribution in [3.63, 3.8) is 0 Å².